The van der Waals surface area contributed by atoms with Crippen LogP contribution in [0.5, 0.6) is 5.75 Å². The third kappa shape index (κ3) is 1.18. The summed E-state index contributed by atoms with van der Waals surface area (Å²) in [5.41, 5.74) is 2.10. The van der Waals surface area contributed by atoms with Crippen LogP contribution in [0.1, 0.15) is 5.56 Å². The second kappa shape index (κ2) is 2.79. The molecule has 2 nitrogen and oxygen atoms in total. The van der Waals surface area contributed by atoms with Gasteiger partial charge in [-0.05, 0) is 23.8 Å². The van der Waals surface area contributed by atoms with E-state index in [-0.39, 0.29) is 0 Å². The zero-order chi connectivity index (χ0) is 8.55. The Hall–Kier alpha value is -1.02. The molecule has 1 aromatic rings. The smallest absolute Gasteiger partial charge is 0.119 e. The maximum absolute atomic E-state index is 5.78. The maximum Gasteiger partial charge on any atom is 0.119 e. The minimum atomic E-state index is 0.651. The van der Waals surface area contributed by atoms with Crippen molar-refractivity contribution >= 4 is 22.5 Å². The van der Waals surface area contributed by atoms with Crippen molar-refractivity contribution in [3.8, 4) is 5.75 Å². The van der Waals surface area contributed by atoms with Crippen molar-refractivity contribution in [2.24, 2.45) is 4.99 Å². The van der Waals surface area contributed by atoms with Gasteiger partial charge in [-0.25, -0.2) is 4.99 Å². The molecular weight excluding hydrogens is 174 g/mol. The Morgan fingerprint density at radius 3 is 3.08 bits per heavy atom. The highest BCUT2D eigenvalue weighted by atomic mass is 35.5. The average Bonchev–Trinajstić information content (AvgIpc) is 2.43. The van der Waals surface area contributed by atoms with Crippen molar-refractivity contribution in [3.05, 3.63) is 23.8 Å². The van der Waals surface area contributed by atoms with E-state index in [0.29, 0.717) is 5.17 Å². The van der Waals surface area contributed by atoms with E-state index in [1.54, 1.807) is 7.11 Å². The molecule has 12 heavy (non-hydrogen) atoms. The summed E-state index contributed by atoms with van der Waals surface area (Å²) >= 11 is 5.78. The summed E-state index contributed by atoms with van der Waals surface area (Å²) in [6.07, 6.45) is 0.730. The van der Waals surface area contributed by atoms with Crippen LogP contribution in [0.3, 0.4) is 0 Å². The number of nitrogens with zero attached hydrogens (tertiary/aromatic N) is 1. The molecule has 0 amide bonds. The molecular formula is C9H8ClNO. The highest BCUT2D eigenvalue weighted by Crippen LogP contribution is 2.30. The van der Waals surface area contributed by atoms with E-state index in [2.05, 4.69) is 4.99 Å². The molecule has 1 heterocycles. The first-order valence-corrected chi connectivity index (χ1v) is 4.07. The number of fused-ring (bicyclic) bond motifs is 1. The second-order valence-corrected chi connectivity index (χ2v) is 3.10. The predicted octanol–water partition coefficient (Wildman–Crippen LogP) is 2.52. The van der Waals surface area contributed by atoms with Gasteiger partial charge in [-0.2, -0.15) is 0 Å². The molecule has 1 aliphatic rings. The fourth-order valence-electron chi connectivity index (χ4n) is 1.27. The Labute approximate surface area is 75.8 Å². The van der Waals surface area contributed by atoms with Gasteiger partial charge in [0.15, 0.2) is 0 Å². The van der Waals surface area contributed by atoms with E-state index < -0.39 is 0 Å². The maximum atomic E-state index is 5.78. The normalized spacial score (nSPS) is 14.0. The van der Waals surface area contributed by atoms with Crippen molar-refractivity contribution in [2.45, 2.75) is 6.42 Å². The molecule has 0 bridgehead atoms. The number of ether oxygens (including phenoxy) is 1. The van der Waals surface area contributed by atoms with E-state index in [4.69, 9.17) is 16.3 Å². The van der Waals surface area contributed by atoms with Crippen LogP contribution in [-0.4, -0.2) is 12.3 Å². The number of halogens is 1. The highest BCUT2D eigenvalue weighted by molar-refractivity contribution is 6.66. The van der Waals surface area contributed by atoms with Crippen molar-refractivity contribution < 1.29 is 4.74 Å². The molecule has 0 aromatic heterocycles. The molecule has 0 spiro atoms. The number of benzene rings is 1. The van der Waals surface area contributed by atoms with Crippen molar-refractivity contribution in [2.75, 3.05) is 7.11 Å². The first kappa shape index (κ1) is 7.62. The van der Waals surface area contributed by atoms with Crippen LogP contribution in [0, 0.1) is 0 Å². The van der Waals surface area contributed by atoms with Gasteiger partial charge < -0.3 is 4.74 Å². The zero-order valence-electron chi connectivity index (χ0n) is 6.67. The first-order valence-electron chi connectivity index (χ1n) is 3.69. The van der Waals surface area contributed by atoms with E-state index in [0.717, 1.165) is 23.4 Å². The molecule has 3 heteroatoms. The van der Waals surface area contributed by atoms with Gasteiger partial charge in [-0.15, -0.1) is 0 Å². The molecule has 0 unspecified atom stereocenters. The summed E-state index contributed by atoms with van der Waals surface area (Å²) in [5, 5.41) is 0.651. The van der Waals surface area contributed by atoms with Crippen LogP contribution in [-0.2, 0) is 6.42 Å². The van der Waals surface area contributed by atoms with Crippen LogP contribution >= 0.6 is 11.6 Å². The van der Waals surface area contributed by atoms with Gasteiger partial charge in [0.2, 0.25) is 0 Å². The Balaban J connectivity index is 2.42. The lowest BCUT2D eigenvalue weighted by molar-refractivity contribution is 0.414. The Kier molecular flexibility index (Phi) is 1.77. The quantitative estimate of drug-likeness (QED) is 0.653. The lowest BCUT2D eigenvalue weighted by Gasteiger charge is -2.00. The van der Waals surface area contributed by atoms with Crippen LogP contribution in [0.4, 0.5) is 5.69 Å². The minimum Gasteiger partial charge on any atom is -0.497 e. The molecule has 0 aliphatic carbocycles. The number of rotatable bonds is 1. The molecule has 62 valence electrons. The zero-order valence-corrected chi connectivity index (χ0v) is 7.43. The van der Waals surface area contributed by atoms with Crippen LogP contribution in [0.25, 0.3) is 0 Å². The highest BCUT2D eigenvalue weighted by Gasteiger charge is 2.12. The number of methoxy groups -OCH3 is 1. The summed E-state index contributed by atoms with van der Waals surface area (Å²) in [6.45, 7) is 0. The van der Waals surface area contributed by atoms with Crippen LogP contribution < -0.4 is 4.74 Å². The van der Waals surface area contributed by atoms with Gasteiger partial charge in [0.05, 0.1) is 12.8 Å². The topological polar surface area (TPSA) is 21.6 Å². The van der Waals surface area contributed by atoms with Gasteiger partial charge in [0, 0.05) is 6.42 Å². The number of hydrogen-bond acceptors (Lipinski definition) is 2. The van der Waals surface area contributed by atoms with Crippen LogP contribution in [0.15, 0.2) is 23.2 Å². The monoisotopic (exact) mass is 181 g/mol. The molecule has 0 saturated carbocycles. The van der Waals surface area contributed by atoms with Crippen molar-refractivity contribution in [1.29, 1.82) is 0 Å². The van der Waals surface area contributed by atoms with Gasteiger partial charge in [0.25, 0.3) is 0 Å². The Bertz CT molecular complexity index is 346. The Morgan fingerprint density at radius 2 is 2.33 bits per heavy atom. The van der Waals surface area contributed by atoms with Gasteiger partial charge in [-0.1, -0.05) is 11.6 Å². The minimum absolute atomic E-state index is 0.651. The molecule has 0 N–H and O–H groups in total. The summed E-state index contributed by atoms with van der Waals surface area (Å²) in [6, 6.07) is 5.77. The molecule has 0 saturated heterocycles. The summed E-state index contributed by atoms with van der Waals surface area (Å²) in [4.78, 5) is 4.15. The molecule has 0 radical (unpaired) electrons. The third-order valence-electron chi connectivity index (χ3n) is 1.86. The van der Waals surface area contributed by atoms with Gasteiger partial charge in [-0.3, -0.25) is 0 Å². The van der Waals surface area contributed by atoms with Gasteiger partial charge >= 0.3 is 0 Å². The standard InChI is InChI=1S/C9H8ClNO/c1-12-7-2-3-8-6(4-7)5-9(10)11-8/h2-4H,5H2,1H3. The molecule has 2 rings (SSSR count). The van der Waals surface area contributed by atoms with E-state index in [1.807, 2.05) is 18.2 Å². The molecule has 0 fully saturated rings. The molecule has 1 aromatic carbocycles. The summed E-state index contributed by atoms with van der Waals surface area (Å²) < 4.78 is 5.08. The van der Waals surface area contributed by atoms with E-state index in [9.17, 15) is 0 Å². The predicted molar refractivity (Wildman–Crippen MR) is 49.6 cm³/mol. The fourth-order valence-corrected chi connectivity index (χ4v) is 1.50. The largest absolute Gasteiger partial charge is 0.497 e. The number of hydrogen-bond donors (Lipinski definition) is 0. The lowest BCUT2D eigenvalue weighted by Crippen LogP contribution is -1.87. The Morgan fingerprint density at radius 1 is 1.50 bits per heavy atom. The molecule has 0 atom stereocenters. The van der Waals surface area contributed by atoms with E-state index >= 15 is 0 Å². The van der Waals surface area contributed by atoms with Crippen molar-refractivity contribution in [1.82, 2.24) is 0 Å². The first-order chi connectivity index (χ1) is 5.79. The SMILES string of the molecule is COc1ccc2c(c1)CC(Cl)=N2. The van der Waals surface area contributed by atoms with E-state index in [1.165, 1.54) is 0 Å². The average molecular weight is 182 g/mol. The van der Waals surface area contributed by atoms with Crippen LogP contribution in [0.2, 0.25) is 0 Å². The summed E-state index contributed by atoms with van der Waals surface area (Å²) in [7, 11) is 1.65. The third-order valence-corrected chi connectivity index (χ3v) is 2.08. The lowest BCUT2D eigenvalue weighted by atomic mass is 10.1. The van der Waals surface area contributed by atoms with Gasteiger partial charge in [0.1, 0.15) is 10.9 Å². The fraction of sp³-hybridized carbons (Fsp3) is 0.222. The molecule has 1 aliphatic heterocycles. The summed E-state index contributed by atoms with van der Waals surface area (Å²) in [5.74, 6) is 0.857. The second-order valence-electron chi connectivity index (χ2n) is 2.66. The van der Waals surface area contributed by atoms with Crippen molar-refractivity contribution in [3.63, 3.8) is 0 Å². The number of aliphatic imine (C=N–C) groups is 1.